The number of phenols is 1. The Morgan fingerprint density at radius 3 is 2.85 bits per heavy atom. The lowest BCUT2D eigenvalue weighted by Crippen LogP contribution is -2.42. The topological polar surface area (TPSA) is 56.7 Å². The van der Waals surface area contributed by atoms with E-state index in [-0.39, 0.29) is 5.75 Å². The highest BCUT2D eigenvalue weighted by atomic mass is 32.1. The number of hydrazone groups is 1. The van der Waals surface area contributed by atoms with Gasteiger partial charge in [0.25, 0.3) is 0 Å². The van der Waals surface area contributed by atoms with E-state index < -0.39 is 0 Å². The molecule has 2 saturated carbocycles. The summed E-state index contributed by atoms with van der Waals surface area (Å²) in [7, 11) is 0. The minimum atomic E-state index is 0.213. The molecule has 3 N–H and O–H groups in total. The highest BCUT2D eigenvalue weighted by molar-refractivity contribution is 7.80. The molecule has 3 atom stereocenters. The number of rotatable bonds is 3. The number of benzene rings is 1. The molecule has 2 aliphatic carbocycles. The Morgan fingerprint density at radius 1 is 1.30 bits per heavy atom. The number of hydrogen-bond acceptors (Lipinski definition) is 3. The Hall–Kier alpha value is -1.62. The summed E-state index contributed by atoms with van der Waals surface area (Å²) in [6.45, 7) is 0. The van der Waals surface area contributed by atoms with Crippen LogP contribution in [-0.2, 0) is 0 Å². The molecule has 3 rings (SSSR count). The normalized spacial score (nSPS) is 27.9. The second-order valence-corrected chi connectivity index (χ2v) is 6.09. The maximum absolute atomic E-state index is 9.61. The van der Waals surface area contributed by atoms with E-state index in [1.54, 1.807) is 24.4 Å². The van der Waals surface area contributed by atoms with Crippen LogP contribution in [0.5, 0.6) is 5.75 Å². The van der Waals surface area contributed by atoms with Gasteiger partial charge in [-0.1, -0.05) is 18.6 Å². The minimum Gasteiger partial charge on any atom is -0.507 e. The van der Waals surface area contributed by atoms with Crippen molar-refractivity contribution in [3.63, 3.8) is 0 Å². The second-order valence-electron chi connectivity index (χ2n) is 5.68. The number of para-hydroxylation sites is 1. The molecule has 0 aliphatic heterocycles. The van der Waals surface area contributed by atoms with Gasteiger partial charge in [0, 0.05) is 11.6 Å². The van der Waals surface area contributed by atoms with Crippen molar-refractivity contribution in [3.8, 4) is 5.75 Å². The largest absolute Gasteiger partial charge is 0.507 e. The van der Waals surface area contributed by atoms with Crippen LogP contribution in [0.1, 0.15) is 31.2 Å². The van der Waals surface area contributed by atoms with Crippen molar-refractivity contribution in [2.45, 2.75) is 31.7 Å². The van der Waals surface area contributed by atoms with Crippen molar-refractivity contribution in [2.24, 2.45) is 16.9 Å². The van der Waals surface area contributed by atoms with E-state index in [4.69, 9.17) is 12.2 Å². The number of fused-ring (bicyclic) bond motifs is 2. The van der Waals surface area contributed by atoms with Crippen LogP contribution in [-0.4, -0.2) is 22.5 Å². The fourth-order valence-electron chi connectivity index (χ4n) is 3.38. The van der Waals surface area contributed by atoms with Crippen molar-refractivity contribution in [1.82, 2.24) is 10.7 Å². The van der Waals surface area contributed by atoms with Gasteiger partial charge >= 0.3 is 0 Å². The maximum Gasteiger partial charge on any atom is 0.187 e. The van der Waals surface area contributed by atoms with Gasteiger partial charge in [0.15, 0.2) is 5.11 Å². The fraction of sp³-hybridized carbons (Fsp3) is 0.467. The van der Waals surface area contributed by atoms with E-state index in [1.807, 2.05) is 6.07 Å². The van der Waals surface area contributed by atoms with Gasteiger partial charge in [-0.3, -0.25) is 5.43 Å². The SMILES string of the molecule is Oc1ccccc1/C=N\NC(=S)N[C@@H]1C[C@H]2CC[C@@H]1C2. The summed E-state index contributed by atoms with van der Waals surface area (Å²) in [6.07, 6.45) is 6.86. The predicted molar refractivity (Wildman–Crippen MR) is 83.8 cm³/mol. The minimum absolute atomic E-state index is 0.213. The molecule has 20 heavy (non-hydrogen) atoms. The van der Waals surface area contributed by atoms with Crippen LogP contribution in [0.25, 0.3) is 0 Å². The van der Waals surface area contributed by atoms with Crippen LogP contribution < -0.4 is 10.7 Å². The van der Waals surface area contributed by atoms with Crippen molar-refractivity contribution in [2.75, 3.05) is 0 Å². The third kappa shape index (κ3) is 2.93. The first-order valence-electron chi connectivity index (χ1n) is 7.10. The molecule has 0 amide bonds. The van der Waals surface area contributed by atoms with E-state index in [1.165, 1.54) is 25.7 Å². The first-order valence-corrected chi connectivity index (χ1v) is 7.51. The summed E-state index contributed by atoms with van der Waals surface area (Å²) >= 11 is 5.26. The lowest BCUT2D eigenvalue weighted by molar-refractivity contribution is 0.389. The maximum atomic E-state index is 9.61. The molecule has 1 aromatic carbocycles. The highest BCUT2D eigenvalue weighted by Crippen LogP contribution is 2.44. The van der Waals surface area contributed by atoms with Gasteiger partial charge in [0.1, 0.15) is 5.75 Å². The van der Waals surface area contributed by atoms with Crippen LogP contribution in [0.2, 0.25) is 0 Å². The van der Waals surface area contributed by atoms with Gasteiger partial charge in [-0.05, 0) is 55.4 Å². The first-order chi connectivity index (χ1) is 9.72. The molecule has 0 saturated heterocycles. The number of phenolic OH excluding ortho intramolecular Hbond substituents is 1. The number of nitrogens with zero attached hydrogens (tertiary/aromatic N) is 1. The average molecular weight is 289 g/mol. The van der Waals surface area contributed by atoms with E-state index in [0.29, 0.717) is 16.7 Å². The summed E-state index contributed by atoms with van der Waals surface area (Å²) in [5, 5.41) is 17.6. The lowest BCUT2D eigenvalue weighted by Gasteiger charge is -2.23. The van der Waals surface area contributed by atoms with Crippen molar-refractivity contribution in [3.05, 3.63) is 29.8 Å². The fourth-order valence-corrected chi connectivity index (χ4v) is 3.58. The lowest BCUT2D eigenvalue weighted by atomic mass is 9.96. The van der Waals surface area contributed by atoms with Crippen LogP contribution in [0.15, 0.2) is 29.4 Å². The van der Waals surface area contributed by atoms with Crippen molar-refractivity contribution < 1.29 is 5.11 Å². The zero-order chi connectivity index (χ0) is 13.9. The van der Waals surface area contributed by atoms with Gasteiger partial charge in [-0.15, -0.1) is 0 Å². The Labute approximate surface area is 124 Å². The molecule has 2 bridgehead atoms. The van der Waals surface area contributed by atoms with Crippen molar-refractivity contribution in [1.29, 1.82) is 0 Å². The van der Waals surface area contributed by atoms with E-state index in [2.05, 4.69) is 15.8 Å². The molecule has 0 heterocycles. The molecule has 2 aliphatic rings. The van der Waals surface area contributed by atoms with E-state index in [0.717, 1.165) is 11.8 Å². The zero-order valence-corrected chi connectivity index (χ0v) is 12.1. The molecular formula is C15H19N3OS. The van der Waals surface area contributed by atoms with Crippen LogP contribution in [0.3, 0.4) is 0 Å². The second kappa shape index (κ2) is 5.79. The van der Waals surface area contributed by atoms with E-state index >= 15 is 0 Å². The number of aromatic hydroxyl groups is 1. The first kappa shape index (κ1) is 13.4. The Balaban J connectivity index is 1.49. The third-order valence-electron chi connectivity index (χ3n) is 4.36. The van der Waals surface area contributed by atoms with Gasteiger partial charge in [-0.25, -0.2) is 0 Å². The van der Waals surface area contributed by atoms with Crippen LogP contribution >= 0.6 is 12.2 Å². The van der Waals surface area contributed by atoms with Gasteiger partial charge in [0.2, 0.25) is 0 Å². The monoisotopic (exact) mass is 289 g/mol. The van der Waals surface area contributed by atoms with Gasteiger partial charge in [-0.2, -0.15) is 5.10 Å². The molecule has 0 spiro atoms. The Kier molecular flexibility index (Phi) is 3.87. The van der Waals surface area contributed by atoms with Gasteiger partial charge < -0.3 is 10.4 Å². The third-order valence-corrected chi connectivity index (χ3v) is 4.57. The number of nitrogens with one attached hydrogen (secondary N) is 2. The summed E-state index contributed by atoms with van der Waals surface area (Å²) in [5.74, 6) is 1.89. The molecule has 0 radical (unpaired) electrons. The van der Waals surface area contributed by atoms with Crippen molar-refractivity contribution >= 4 is 23.5 Å². The summed E-state index contributed by atoms with van der Waals surface area (Å²) in [4.78, 5) is 0. The quantitative estimate of drug-likeness (QED) is 0.454. The zero-order valence-electron chi connectivity index (χ0n) is 11.2. The molecule has 1 aromatic rings. The number of thiocarbonyl (C=S) groups is 1. The van der Waals surface area contributed by atoms with Gasteiger partial charge in [0.05, 0.1) is 6.21 Å². The molecule has 5 heteroatoms. The predicted octanol–water partition coefficient (Wildman–Crippen LogP) is 2.38. The molecular weight excluding hydrogens is 270 g/mol. The molecule has 2 fully saturated rings. The standard InChI is InChI=1S/C15H19N3OS/c19-14-4-2-1-3-12(14)9-16-18-15(20)17-13-8-10-5-6-11(13)7-10/h1-4,9-11,13,19H,5-8H2,(H2,17,18,20)/b16-9-/t10-,11+,13+/m0/s1. The summed E-state index contributed by atoms with van der Waals surface area (Å²) in [5.41, 5.74) is 3.49. The van der Waals surface area contributed by atoms with E-state index in [9.17, 15) is 5.11 Å². The molecule has 106 valence electrons. The highest BCUT2D eigenvalue weighted by Gasteiger charge is 2.39. The summed E-state index contributed by atoms with van der Waals surface area (Å²) < 4.78 is 0. The Morgan fingerprint density at radius 2 is 2.15 bits per heavy atom. The molecule has 0 aromatic heterocycles. The molecule has 4 nitrogen and oxygen atoms in total. The average Bonchev–Trinajstić information content (AvgIpc) is 3.03. The molecule has 0 unspecified atom stereocenters. The van der Waals surface area contributed by atoms with Crippen LogP contribution in [0.4, 0.5) is 0 Å². The number of hydrogen-bond donors (Lipinski definition) is 3. The summed E-state index contributed by atoms with van der Waals surface area (Å²) in [6, 6.07) is 7.57. The Bertz CT molecular complexity index is 532. The smallest absolute Gasteiger partial charge is 0.187 e. The van der Waals surface area contributed by atoms with Crippen LogP contribution in [0, 0.1) is 11.8 Å².